The van der Waals surface area contributed by atoms with Crippen molar-refractivity contribution >= 4 is 11.9 Å². The summed E-state index contributed by atoms with van der Waals surface area (Å²) in [5.41, 5.74) is 3.81. The number of halogens is 1. The number of hydrogen-bond donors (Lipinski definition) is 0. The third-order valence-electron chi connectivity index (χ3n) is 6.03. The van der Waals surface area contributed by atoms with E-state index in [0.717, 1.165) is 16.7 Å². The second kappa shape index (κ2) is 8.83. The van der Waals surface area contributed by atoms with E-state index in [9.17, 15) is 9.18 Å². The average Bonchev–Trinajstić information content (AvgIpc) is 3.17. The summed E-state index contributed by atoms with van der Waals surface area (Å²) in [6.45, 7) is 3.39. The number of allylic oxidation sites excluding steroid dienone is 1. The number of ether oxygens (including phenoxy) is 4. The second-order valence-electron chi connectivity index (χ2n) is 8.31. The van der Waals surface area contributed by atoms with Gasteiger partial charge in [-0.05, 0) is 60.5 Å². The maximum Gasteiger partial charge on any atom is 0.232 e. The number of rotatable bonds is 5. The Morgan fingerprint density at radius 2 is 1.88 bits per heavy atom. The highest BCUT2D eigenvalue weighted by atomic mass is 19.1. The van der Waals surface area contributed by atoms with E-state index >= 15 is 0 Å². The lowest BCUT2D eigenvalue weighted by Crippen LogP contribution is -2.31. The largest absolute Gasteiger partial charge is 0.497 e. The Morgan fingerprint density at radius 3 is 2.62 bits per heavy atom. The normalized spacial score (nSPS) is 16.0. The fourth-order valence-electron chi connectivity index (χ4n) is 4.32. The molecule has 7 heteroatoms. The standard InChI is InChI=1S/C27H24FNO5/c1-16-10-23-21(14-29(15-33-23)13-17-4-6-19(28)7-5-17)27-25(16)26(30)24(34-27)12-18-11-20(31-2)8-9-22(18)32-3/h4-12H,13-15H2,1-3H3/b24-12-. The van der Waals surface area contributed by atoms with Gasteiger partial charge in [-0.15, -0.1) is 0 Å². The van der Waals surface area contributed by atoms with E-state index < -0.39 is 0 Å². The second-order valence-corrected chi connectivity index (χ2v) is 8.31. The molecule has 174 valence electrons. The number of hydrogen-bond acceptors (Lipinski definition) is 6. The molecular formula is C27H24FNO5. The van der Waals surface area contributed by atoms with E-state index in [1.165, 1.54) is 12.1 Å². The van der Waals surface area contributed by atoms with Crippen molar-refractivity contribution in [3.05, 3.63) is 87.9 Å². The molecule has 34 heavy (non-hydrogen) atoms. The molecule has 0 aromatic heterocycles. The third-order valence-corrected chi connectivity index (χ3v) is 6.03. The minimum Gasteiger partial charge on any atom is -0.497 e. The molecule has 2 aliphatic heterocycles. The maximum absolute atomic E-state index is 13.3. The number of carbonyl (C=O) groups excluding carboxylic acids is 1. The van der Waals surface area contributed by atoms with E-state index in [-0.39, 0.29) is 17.4 Å². The highest BCUT2D eigenvalue weighted by molar-refractivity contribution is 6.16. The van der Waals surface area contributed by atoms with Crippen LogP contribution in [0.1, 0.15) is 32.6 Å². The third kappa shape index (κ3) is 3.99. The van der Waals surface area contributed by atoms with Crippen molar-refractivity contribution < 1.29 is 28.1 Å². The van der Waals surface area contributed by atoms with Crippen LogP contribution in [0.4, 0.5) is 4.39 Å². The predicted octanol–water partition coefficient (Wildman–Crippen LogP) is 5.12. The van der Waals surface area contributed by atoms with Gasteiger partial charge in [0.1, 0.15) is 35.5 Å². The molecule has 3 aromatic rings. The van der Waals surface area contributed by atoms with Crippen LogP contribution in [-0.4, -0.2) is 31.6 Å². The van der Waals surface area contributed by atoms with Crippen LogP contribution < -0.4 is 18.9 Å². The van der Waals surface area contributed by atoms with E-state index in [4.69, 9.17) is 18.9 Å². The maximum atomic E-state index is 13.3. The highest BCUT2D eigenvalue weighted by Crippen LogP contribution is 2.44. The van der Waals surface area contributed by atoms with Gasteiger partial charge in [-0.3, -0.25) is 9.69 Å². The number of aryl methyl sites for hydroxylation is 1. The van der Waals surface area contributed by atoms with E-state index in [0.29, 0.717) is 53.9 Å². The number of ketones is 1. The van der Waals surface area contributed by atoms with Crippen molar-refractivity contribution in [3.8, 4) is 23.0 Å². The number of Topliss-reactive ketones (excluding diaryl/α,β-unsaturated/α-hetero) is 1. The molecule has 0 bridgehead atoms. The molecule has 2 aliphatic rings. The minimum absolute atomic E-state index is 0.184. The molecule has 0 spiro atoms. The van der Waals surface area contributed by atoms with Gasteiger partial charge >= 0.3 is 0 Å². The van der Waals surface area contributed by atoms with Crippen molar-refractivity contribution in [2.45, 2.75) is 20.0 Å². The zero-order valence-electron chi connectivity index (χ0n) is 19.2. The van der Waals surface area contributed by atoms with Crippen molar-refractivity contribution in [2.75, 3.05) is 21.0 Å². The monoisotopic (exact) mass is 461 g/mol. The van der Waals surface area contributed by atoms with Crippen LogP contribution >= 0.6 is 0 Å². The van der Waals surface area contributed by atoms with Gasteiger partial charge in [0.15, 0.2) is 5.76 Å². The van der Waals surface area contributed by atoms with E-state index in [1.807, 2.05) is 13.0 Å². The predicted molar refractivity (Wildman–Crippen MR) is 125 cm³/mol. The van der Waals surface area contributed by atoms with Crippen molar-refractivity contribution in [3.63, 3.8) is 0 Å². The minimum atomic E-state index is -0.267. The van der Waals surface area contributed by atoms with Gasteiger partial charge in [0.2, 0.25) is 5.78 Å². The molecule has 0 saturated carbocycles. The van der Waals surface area contributed by atoms with Gasteiger partial charge in [-0.2, -0.15) is 0 Å². The van der Waals surface area contributed by atoms with Crippen LogP contribution in [0.2, 0.25) is 0 Å². The molecule has 0 fully saturated rings. The lowest BCUT2D eigenvalue weighted by molar-refractivity contribution is 0.0872. The Labute approximate surface area is 197 Å². The summed E-state index contributed by atoms with van der Waals surface area (Å²) in [4.78, 5) is 15.4. The fraction of sp³-hybridized carbons (Fsp3) is 0.222. The van der Waals surface area contributed by atoms with Gasteiger partial charge < -0.3 is 18.9 Å². The lowest BCUT2D eigenvalue weighted by Gasteiger charge is -2.30. The first-order valence-corrected chi connectivity index (χ1v) is 10.9. The summed E-state index contributed by atoms with van der Waals surface area (Å²) in [6, 6.07) is 13.7. The molecule has 6 nitrogen and oxygen atoms in total. The number of carbonyl (C=O) groups is 1. The quantitative estimate of drug-likeness (QED) is 0.492. The molecule has 0 saturated heterocycles. The summed E-state index contributed by atoms with van der Waals surface area (Å²) < 4.78 is 36.2. The van der Waals surface area contributed by atoms with E-state index in [1.54, 1.807) is 50.6 Å². The molecule has 0 unspecified atom stereocenters. The first-order chi connectivity index (χ1) is 16.5. The topological polar surface area (TPSA) is 57.2 Å². The van der Waals surface area contributed by atoms with Crippen molar-refractivity contribution in [2.24, 2.45) is 0 Å². The van der Waals surface area contributed by atoms with Crippen LogP contribution in [0.15, 0.2) is 54.3 Å². The van der Waals surface area contributed by atoms with Crippen LogP contribution in [0, 0.1) is 12.7 Å². The number of methoxy groups -OCH3 is 2. The lowest BCUT2D eigenvalue weighted by atomic mass is 9.98. The van der Waals surface area contributed by atoms with Crippen LogP contribution in [0.3, 0.4) is 0 Å². The summed E-state index contributed by atoms with van der Waals surface area (Å²) in [5.74, 6) is 2.25. The Bertz CT molecular complexity index is 1300. The first kappa shape index (κ1) is 22.0. The molecule has 5 rings (SSSR count). The SMILES string of the molecule is COc1ccc(OC)c(/C=C2\Oc3c4c(cc(C)c3C2=O)OCN(Cc2ccc(F)cc2)C4)c1. The molecule has 0 radical (unpaired) electrons. The highest BCUT2D eigenvalue weighted by Gasteiger charge is 2.35. The summed E-state index contributed by atoms with van der Waals surface area (Å²) in [7, 11) is 3.16. The number of benzene rings is 3. The van der Waals surface area contributed by atoms with Gasteiger partial charge in [-0.25, -0.2) is 4.39 Å². The number of fused-ring (bicyclic) bond motifs is 3. The molecule has 0 atom stereocenters. The van der Waals surface area contributed by atoms with Gasteiger partial charge in [0, 0.05) is 18.7 Å². The Hall–Kier alpha value is -3.84. The average molecular weight is 461 g/mol. The van der Waals surface area contributed by atoms with Crippen molar-refractivity contribution in [1.82, 2.24) is 4.90 Å². The molecule has 0 N–H and O–H groups in total. The molecule has 0 aliphatic carbocycles. The Balaban J connectivity index is 1.47. The Kier molecular flexibility index (Phi) is 5.71. The van der Waals surface area contributed by atoms with E-state index in [2.05, 4.69) is 4.90 Å². The summed E-state index contributed by atoms with van der Waals surface area (Å²) in [6.07, 6.45) is 1.68. The van der Waals surface area contributed by atoms with Gasteiger partial charge in [0.05, 0.1) is 25.3 Å². The van der Waals surface area contributed by atoms with Gasteiger partial charge in [0.25, 0.3) is 0 Å². The molecule has 3 aromatic carbocycles. The Morgan fingerprint density at radius 1 is 1.09 bits per heavy atom. The first-order valence-electron chi connectivity index (χ1n) is 10.9. The zero-order chi connectivity index (χ0) is 23.8. The van der Waals surface area contributed by atoms with Gasteiger partial charge in [-0.1, -0.05) is 12.1 Å². The zero-order valence-corrected chi connectivity index (χ0v) is 19.2. The van der Waals surface area contributed by atoms with Crippen LogP contribution in [0.5, 0.6) is 23.0 Å². The van der Waals surface area contributed by atoms with Crippen molar-refractivity contribution in [1.29, 1.82) is 0 Å². The van der Waals surface area contributed by atoms with Crippen LogP contribution in [0.25, 0.3) is 6.08 Å². The smallest absolute Gasteiger partial charge is 0.232 e. The number of nitrogens with zero attached hydrogens (tertiary/aromatic N) is 1. The summed E-state index contributed by atoms with van der Waals surface area (Å²) in [5, 5.41) is 0. The fourth-order valence-corrected chi connectivity index (χ4v) is 4.32. The molecule has 2 heterocycles. The molecule has 0 amide bonds. The summed E-state index contributed by atoms with van der Waals surface area (Å²) >= 11 is 0. The molecular weight excluding hydrogens is 437 g/mol. The van der Waals surface area contributed by atoms with Crippen LogP contribution in [-0.2, 0) is 13.1 Å².